The lowest BCUT2D eigenvalue weighted by atomic mass is 9.68. The zero-order chi connectivity index (χ0) is 15.1. The minimum absolute atomic E-state index is 0.412. The summed E-state index contributed by atoms with van der Waals surface area (Å²) in [5.41, 5.74) is 7.09. The summed E-state index contributed by atoms with van der Waals surface area (Å²) >= 11 is 5.63. The van der Waals surface area contributed by atoms with Gasteiger partial charge in [0.15, 0.2) is 0 Å². The molecule has 21 heavy (non-hydrogen) atoms. The first-order valence-corrected chi connectivity index (χ1v) is 7.68. The van der Waals surface area contributed by atoms with Crippen LogP contribution in [0, 0.1) is 0 Å². The van der Waals surface area contributed by atoms with Crippen molar-refractivity contribution in [2.24, 2.45) is 10.9 Å². The molecule has 0 bridgehead atoms. The number of pyridine rings is 1. The quantitative estimate of drug-likeness (QED) is 0.493. The molecule has 0 saturated heterocycles. The van der Waals surface area contributed by atoms with Crippen molar-refractivity contribution in [2.45, 2.75) is 31.1 Å². The Morgan fingerprint density at radius 1 is 1.57 bits per heavy atom. The highest BCUT2D eigenvalue weighted by Crippen LogP contribution is 2.38. The second-order valence-electron chi connectivity index (χ2n) is 5.09. The first-order valence-electron chi connectivity index (χ1n) is 7.27. The van der Waals surface area contributed by atoms with E-state index in [1.165, 1.54) is 0 Å². The summed E-state index contributed by atoms with van der Waals surface area (Å²) in [6.07, 6.45) is 7.63. The van der Waals surface area contributed by atoms with Crippen molar-refractivity contribution in [1.29, 1.82) is 0 Å². The molecule has 2 rings (SSSR count). The average Bonchev–Trinajstić information content (AvgIpc) is 2.55. The number of aromatic nitrogens is 1. The number of rotatable bonds is 5. The third kappa shape index (κ3) is 3.22. The van der Waals surface area contributed by atoms with Crippen molar-refractivity contribution in [3.05, 3.63) is 30.1 Å². The molecule has 1 aromatic heterocycles. The average molecular weight is 306 g/mol. The zero-order valence-corrected chi connectivity index (χ0v) is 13.2. The van der Waals surface area contributed by atoms with Crippen LogP contribution < -0.4 is 11.1 Å². The van der Waals surface area contributed by atoms with Gasteiger partial charge in [0, 0.05) is 26.0 Å². The van der Waals surface area contributed by atoms with Crippen molar-refractivity contribution in [2.75, 3.05) is 20.2 Å². The van der Waals surface area contributed by atoms with Crippen LogP contribution in [0.2, 0.25) is 0 Å². The topological polar surface area (TPSA) is 72.5 Å². The number of hydrogen-bond donors (Lipinski definition) is 2. The van der Waals surface area contributed by atoms with Crippen LogP contribution >= 0.6 is 12.2 Å². The second kappa shape index (κ2) is 7.47. The monoisotopic (exact) mass is 306 g/mol. The molecule has 0 aliphatic heterocycles. The van der Waals surface area contributed by atoms with Crippen LogP contribution in [-0.4, -0.2) is 35.9 Å². The molecule has 1 fully saturated rings. The molecular weight excluding hydrogens is 284 g/mol. The third-order valence-electron chi connectivity index (χ3n) is 3.86. The molecule has 5 nitrogen and oxygen atoms in total. The summed E-state index contributed by atoms with van der Waals surface area (Å²) in [6, 6.07) is 3.99. The minimum Gasteiger partial charge on any atom is -0.394 e. The Labute approximate surface area is 131 Å². The molecule has 1 saturated carbocycles. The molecule has 1 aliphatic carbocycles. The molecule has 1 aliphatic rings. The van der Waals surface area contributed by atoms with Crippen molar-refractivity contribution in [3.63, 3.8) is 0 Å². The molecule has 1 atom stereocenters. The molecule has 6 heteroatoms. The van der Waals surface area contributed by atoms with Gasteiger partial charge in [0.2, 0.25) is 0 Å². The number of nitrogens with one attached hydrogen (secondary N) is 1. The van der Waals surface area contributed by atoms with E-state index in [4.69, 9.17) is 22.8 Å². The summed E-state index contributed by atoms with van der Waals surface area (Å²) in [7, 11) is 1.85. The molecule has 1 unspecified atom stereocenters. The lowest BCUT2D eigenvalue weighted by molar-refractivity contribution is 0.149. The van der Waals surface area contributed by atoms with Crippen LogP contribution in [0.1, 0.15) is 31.2 Å². The number of oxime groups is 1. The molecule has 0 amide bonds. The molecule has 1 aromatic rings. The third-order valence-corrected chi connectivity index (χ3v) is 4.41. The normalized spacial score (nSPS) is 23.8. The lowest BCUT2D eigenvalue weighted by Gasteiger charge is -2.38. The van der Waals surface area contributed by atoms with E-state index in [1.807, 2.05) is 19.3 Å². The fourth-order valence-electron chi connectivity index (χ4n) is 2.86. The minimum atomic E-state index is -0.412. The maximum atomic E-state index is 5.63. The van der Waals surface area contributed by atoms with Crippen molar-refractivity contribution in [1.82, 2.24) is 10.3 Å². The molecule has 3 N–H and O–H groups in total. The Hall–Kier alpha value is -1.53. The van der Waals surface area contributed by atoms with Crippen LogP contribution in [0.5, 0.6) is 0 Å². The molecule has 0 aromatic carbocycles. The summed E-state index contributed by atoms with van der Waals surface area (Å²) < 4.78 is 0. The summed E-state index contributed by atoms with van der Waals surface area (Å²) in [4.78, 5) is 10.4. The maximum absolute atomic E-state index is 5.63. The van der Waals surface area contributed by atoms with Crippen molar-refractivity contribution in [3.8, 4) is 0 Å². The SMILES string of the molecule is CNC(=S)C1(c2cccnc2)CCCC/C1=N/OCCN. The van der Waals surface area contributed by atoms with Crippen LogP contribution in [0.4, 0.5) is 0 Å². The Morgan fingerprint density at radius 2 is 2.43 bits per heavy atom. The summed E-state index contributed by atoms with van der Waals surface area (Å²) in [6.45, 7) is 0.867. The van der Waals surface area contributed by atoms with E-state index in [1.54, 1.807) is 6.20 Å². The second-order valence-corrected chi connectivity index (χ2v) is 5.50. The van der Waals surface area contributed by atoms with Gasteiger partial charge >= 0.3 is 0 Å². The van der Waals surface area contributed by atoms with Gasteiger partial charge in [-0.3, -0.25) is 4.98 Å². The fraction of sp³-hybridized carbons (Fsp3) is 0.533. The van der Waals surface area contributed by atoms with Gasteiger partial charge in [0.05, 0.1) is 16.1 Å². The Kier molecular flexibility index (Phi) is 5.64. The van der Waals surface area contributed by atoms with Crippen molar-refractivity contribution >= 4 is 22.9 Å². The zero-order valence-electron chi connectivity index (χ0n) is 12.3. The largest absolute Gasteiger partial charge is 0.394 e. The molecule has 0 spiro atoms. The number of thiocarbonyl (C=S) groups is 1. The van der Waals surface area contributed by atoms with Gasteiger partial charge in [0.25, 0.3) is 0 Å². The van der Waals surface area contributed by atoms with Gasteiger partial charge in [-0.25, -0.2) is 0 Å². The van der Waals surface area contributed by atoms with Gasteiger partial charge in [-0.2, -0.15) is 0 Å². The van der Waals surface area contributed by atoms with Gasteiger partial charge in [0.1, 0.15) is 6.61 Å². The number of nitrogens with two attached hydrogens (primary N) is 1. The predicted octanol–water partition coefficient (Wildman–Crippen LogP) is 1.77. The van der Waals surface area contributed by atoms with Gasteiger partial charge in [-0.1, -0.05) is 29.9 Å². The molecule has 114 valence electrons. The highest BCUT2D eigenvalue weighted by Gasteiger charge is 2.44. The first kappa shape index (κ1) is 15.9. The fourth-order valence-corrected chi connectivity index (χ4v) is 3.19. The Bertz CT molecular complexity index is 506. The van der Waals surface area contributed by atoms with Crippen LogP contribution in [-0.2, 0) is 10.3 Å². The Morgan fingerprint density at radius 3 is 3.10 bits per heavy atom. The first-order chi connectivity index (χ1) is 10.3. The highest BCUT2D eigenvalue weighted by atomic mass is 32.1. The van der Waals surface area contributed by atoms with E-state index in [9.17, 15) is 0 Å². The van der Waals surface area contributed by atoms with Crippen LogP contribution in [0.25, 0.3) is 0 Å². The number of likely N-dealkylation sites (N-methyl/N-ethyl adjacent to an activating group) is 1. The van der Waals surface area contributed by atoms with Crippen LogP contribution in [0.3, 0.4) is 0 Å². The summed E-state index contributed by atoms with van der Waals surface area (Å²) in [5.74, 6) is 0. The van der Waals surface area contributed by atoms with Gasteiger partial charge in [-0.05, 0) is 30.9 Å². The van der Waals surface area contributed by atoms with Crippen LogP contribution in [0.15, 0.2) is 29.7 Å². The smallest absolute Gasteiger partial charge is 0.129 e. The van der Waals surface area contributed by atoms with Crippen molar-refractivity contribution < 1.29 is 4.84 Å². The van der Waals surface area contributed by atoms with E-state index in [0.717, 1.165) is 41.9 Å². The van der Waals surface area contributed by atoms with E-state index in [2.05, 4.69) is 21.5 Å². The van der Waals surface area contributed by atoms with Gasteiger partial charge < -0.3 is 15.9 Å². The van der Waals surface area contributed by atoms with E-state index < -0.39 is 5.41 Å². The highest BCUT2D eigenvalue weighted by molar-refractivity contribution is 7.80. The van der Waals surface area contributed by atoms with E-state index >= 15 is 0 Å². The molecule has 1 heterocycles. The summed E-state index contributed by atoms with van der Waals surface area (Å²) in [5, 5.41) is 7.49. The Balaban J connectivity index is 2.45. The van der Waals surface area contributed by atoms with Gasteiger partial charge in [-0.15, -0.1) is 0 Å². The maximum Gasteiger partial charge on any atom is 0.129 e. The standard InChI is InChI=1S/C15H22N4OS/c1-17-14(21)15(12-5-4-9-18-11-12)7-3-2-6-13(15)19-20-10-8-16/h4-5,9,11H,2-3,6-8,10,16H2,1H3,(H,17,21)/b19-13-. The molecular formula is C15H22N4OS. The molecule has 0 radical (unpaired) electrons. The predicted molar refractivity (Wildman–Crippen MR) is 88.5 cm³/mol. The lowest BCUT2D eigenvalue weighted by Crippen LogP contribution is -2.50. The number of nitrogens with zero attached hydrogens (tertiary/aromatic N) is 2. The van der Waals surface area contributed by atoms with E-state index in [0.29, 0.717) is 13.2 Å². The number of hydrogen-bond acceptors (Lipinski definition) is 5. The van der Waals surface area contributed by atoms with E-state index in [-0.39, 0.29) is 0 Å².